The highest BCUT2D eigenvalue weighted by molar-refractivity contribution is 5.73. The van der Waals surface area contributed by atoms with Crippen LogP contribution in [0.25, 0.3) is 0 Å². The molecule has 1 atom stereocenters. The van der Waals surface area contributed by atoms with Gasteiger partial charge in [0.2, 0.25) is 5.69 Å². The van der Waals surface area contributed by atoms with E-state index in [1.165, 1.54) is 22.4 Å². The van der Waals surface area contributed by atoms with Gasteiger partial charge >= 0.3 is 0 Å². The predicted octanol–water partition coefficient (Wildman–Crippen LogP) is 5.67. The molecule has 24 heavy (non-hydrogen) atoms. The second-order valence-electron chi connectivity index (χ2n) is 7.90. The second-order valence-corrected chi connectivity index (χ2v) is 7.90. The van der Waals surface area contributed by atoms with Crippen molar-refractivity contribution in [3.63, 3.8) is 0 Å². The van der Waals surface area contributed by atoms with Crippen molar-refractivity contribution in [2.75, 3.05) is 0 Å². The van der Waals surface area contributed by atoms with E-state index in [9.17, 15) is 0 Å². The fraction of sp³-hybridized carbons (Fsp3) is 0.435. The number of nitrogens with zero attached hydrogens (tertiary/aromatic N) is 1. The van der Waals surface area contributed by atoms with Gasteiger partial charge in [-0.2, -0.15) is 4.58 Å². The highest BCUT2D eigenvalue weighted by Crippen LogP contribution is 2.43. The van der Waals surface area contributed by atoms with E-state index in [0.29, 0.717) is 0 Å². The first-order valence-corrected chi connectivity index (χ1v) is 9.23. The molecular formula is C23H30N+. The Morgan fingerprint density at radius 1 is 0.833 bits per heavy atom. The molecule has 1 heteroatoms. The van der Waals surface area contributed by atoms with Crippen LogP contribution in [0.15, 0.2) is 48.5 Å². The molecule has 0 radical (unpaired) electrons. The van der Waals surface area contributed by atoms with Crippen molar-refractivity contribution in [3.8, 4) is 0 Å². The van der Waals surface area contributed by atoms with E-state index in [-0.39, 0.29) is 11.0 Å². The molecule has 0 amide bonds. The Labute approximate surface area is 147 Å². The van der Waals surface area contributed by atoms with Crippen molar-refractivity contribution < 1.29 is 4.58 Å². The smallest absolute Gasteiger partial charge is 0.197 e. The first-order chi connectivity index (χ1) is 11.4. The lowest BCUT2D eigenvalue weighted by atomic mass is 9.77. The van der Waals surface area contributed by atoms with Gasteiger partial charge in [-0.05, 0) is 25.3 Å². The summed E-state index contributed by atoms with van der Waals surface area (Å²) in [5, 5.41) is 0. The third-order valence-corrected chi connectivity index (χ3v) is 5.51. The zero-order valence-corrected chi connectivity index (χ0v) is 15.8. The van der Waals surface area contributed by atoms with Crippen molar-refractivity contribution in [1.29, 1.82) is 0 Å². The Bertz CT molecular complexity index is 733. The van der Waals surface area contributed by atoms with Gasteiger partial charge in [0.1, 0.15) is 0 Å². The third kappa shape index (κ3) is 2.81. The average molecular weight is 321 g/mol. The largest absolute Gasteiger partial charge is 0.211 e. The molecule has 1 heterocycles. The maximum atomic E-state index is 2.57. The van der Waals surface area contributed by atoms with E-state index < -0.39 is 0 Å². The summed E-state index contributed by atoms with van der Waals surface area (Å²) in [7, 11) is 0. The van der Waals surface area contributed by atoms with E-state index in [2.05, 4.69) is 93.9 Å². The minimum atomic E-state index is 0.0800. The summed E-state index contributed by atoms with van der Waals surface area (Å²) >= 11 is 0. The summed E-state index contributed by atoms with van der Waals surface area (Å²) < 4.78 is 2.57. The van der Waals surface area contributed by atoms with Gasteiger partial charge in [-0.25, -0.2) is 0 Å². The number of para-hydroxylation sites is 1. The summed E-state index contributed by atoms with van der Waals surface area (Å²) in [5.74, 6) is 0. The van der Waals surface area contributed by atoms with E-state index in [1.54, 1.807) is 0 Å². The van der Waals surface area contributed by atoms with Gasteiger partial charge in [-0.1, -0.05) is 62.4 Å². The summed E-state index contributed by atoms with van der Waals surface area (Å²) in [5.41, 5.74) is 5.95. The molecule has 0 saturated heterocycles. The quantitative estimate of drug-likeness (QED) is 0.639. The summed E-state index contributed by atoms with van der Waals surface area (Å²) in [4.78, 5) is 0. The maximum absolute atomic E-state index is 2.57. The Hall–Kier alpha value is -1.89. The van der Waals surface area contributed by atoms with Crippen LogP contribution in [0.2, 0.25) is 0 Å². The minimum Gasteiger partial charge on any atom is -0.197 e. The zero-order chi connectivity index (χ0) is 17.4. The first-order valence-electron chi connectivity index (χ1n) is 9.23. The molecule has 0 saturated carbocycles. The van der Waals surface area contributed by atoms with E-state index in [1.807, 2.05) is 0 Å². The van der Waals surface area contributed by atoms with Gasteiger partial charge < -0.3 is 0 Å². The molecule has 0 aliphatic carbocycles. The lowest BCUT2D eigenvalue weighted by molar-refractivity contribution is -0.512. The molecule has 2 aromatic carbocycles. The van der Waals surface area contributed by atoms with Gasteiger partial charge in [0.05, 0.1) is 5.41 Å². The maximum Gasteiger partial charge on any atom is 0.211 e. The number of aryl methyl sites for hydroxylation is 2. The third-order valence-electron chi connectivity index (χ3n) is 5.51. The van der Waals surface area contributed by atoms with Crippen molar-refractivity contribution in [1.82, 2.24) is 0 Å². The summed E-state index contributed by atoms with van der Waals surface area (Å²) in [6.45, 7) is 11.7. The van der Waals surface area contributed by atoms with Gasteiger partial charge in [-0.3, -0.25) is 0 Å². The fourth-order valence-corrected chi connectivity index (χ4v) is 4.38. The van der Waals surface area contributed by atoms with Crippen LogP contribution in [0.3, 0.4) is 0 Å². The SMILES string of the molecule is CCc1cccc(CC)c1[N+]1=CC(C)(c2ccccc2)CC1(C)C. The Morgan fingerprint density at radius 3 is 1.96 bits per heavy atom. The number of hydrogen-bond acceptors (Lipinski definition) is 0. The molecule has 1 aliphatic heterocycles. The molecule has 0 fully saturated rings. The van der Waals surface area contributed by atoms with Gasteiger partial charge in [0.25, 0.3) is 0 Å². The predicted molar refractivity (Wildman–Crippen MR) is 104 cm³/mol. The average Bonchev–Trinajstić information content (AvgIpc) is 2.84. The lowest BCUT2D eigenvalue weighted by Gasteiger charge is -2.23. The molecule has 1 nitrogen and oxygen atoms in total. The van der Waals surface area contributed by atoms with Crippen LogP contribution in [0.1, 0.15) is 57.7 Å². The molecule has 0 N–H and O–H groups in total. The van der Waals surface area contributed by atoms with Crippen molar-refractivity contribution in [2.24, 2.45) is 0 Å². The minimum absolute atomic E-state index is 0.0800. The highest BCUT2D eigenvalue weighted by Gasteiger charge is 2.50. The van der Waals surface area contributed by atoms with Crippen LogP contribution in [0.5, 0.6) is 0 Å². The van der Waals surface area contributed by atoms with Crippen molar-refractivity contribution in [2.45, 2.75) is 64.8 Å². The van der Waals surface area contributed by atoms with Gasteiger partial charge in [-0.15, -0.1) is 0 Å². The molecular weight excluding hydrogens is 290 g/mol. The normalized spacial score (nSPS) is 22.5. The van der Waals surface area contributed by atoms with Crippen LogP contribution in [-0.2, 0) is 18.3 Å². The lowest BCUT2D eigenvalue weighted by Crippen LogP contribution is -2.31. The number of hydrogen-bond donors (Lipinski definition) is 0. The fourth-order valence-electron chi connectivity index (χ4n) is 4.38. The van der Waals surface area contributed by atoms with Crippen LogP contribution < -0.4 is 0 Å². The molecule has 0 aromatic heterocycles. The monoisotopic (exact) mass is 320 g/mol. The molecule has 0 bridgehead atoms. The highest BCUT2D eigenvalue weighted by atomic mass is 15.1. The van der Waals surface area contributed by atoms with Gasteiger partial charge in [0.15, 0.2) is 11.8 Å². The molecule has 1 aliphatic rings. The number of rotatable bonds is 4. The van der Waals surface area contributed by atoms with Crippen molar-refractivity contribution in [3.05, 3.63) is 65.2 Å². The Balaban J connectivity index is 2.19. The van der Waals surface area contributed by atoms with Crippen LogP contribution in [0.4, 0.5) is 5.69 Å². The first kappa shape index (κ1) is 17.0. The zero-order valence-electron chi connectivity index (χ0n) is 15.8. The summed E-state index contributed by atoms with van der Waals surface area (Å²) in [6.07, 6.45) is 5.76. The molecule has 3 rings (SSSR count). The van der Waals surface area contributed by atoms with E-state index >= 15 is 0 Å². The molecule has 2 aromatic rings. The van der Waals surface area contributed by atoms with Crippen LogP contribution >= 0.6 is 0 Å². The second kappa shape index (κ2) is 6.20. The molecule has 0 spiro atoms. The van der Waals surface area contributed by atoms with E-state index in [0.717, 1.165) is 19.3 Å². The molecule has 126 valence electrons. The van der Waals surface area contributed by atoms with Crippen LogP contribution in [-0.4, -0.2) is 16.3 Å². The van der Waals surface area contributed by atoms with Crippen molar-refractivity contribution >= 4 is 11.9 Å². The van der Waals surface area contributed by atoms with Gasteiger partial charge in [0, 0.05) is 31.4 Å². The summed E-state index contributed by atoms with van der Waals surface area (Å²) in [6, 6.07) is 17.7. The Morgan fingerprint density at radius 2 is 1.42 bits per heavy atom. The Kier molecular flexibility index (Phi) is 4.38. The number of benzene rings is 2. The van der Waals surface area contributed by atoms with Crippen LogP contribution in [0, 0.1) is 0 Å². The molecule has 1 unspecified atom stereocenters. The topological polar surface area (TPSA) is 3.01 Å². The standard InChI is InChI=1S/C23H30N/c1-6-18-12-11-13-19(7-2)21(18)24-17-23(5,16-22(24,3)4)20-14-9-8-10-15-20/h8-15,17H,6-7,16H2,1-5H3/q+1. The van der Waals surface area contributed by atoms with E-state index in [4.69, 9.17) is 0 Å².